The van der Waals surface area contributed by atoms with Crippen molar-refractivity contribution < 1.29 is 38.0 Å². The molecule has 0 aromatic rings. The van der Waals surface area contributed by atoms with Gasteiger partial charge in [-0.05, 0) is 5.41 Å². The van der Waals surface area contributed by atoms with Crippen LogP contribution in [-0.2, 0) is 32.9 Å². The number of nitrogens with one attached hydrogen (secondary N) is 2. The van der Waals surface area contributed by atoms with Gasteiger partial charge in [-0.1, -0.05) is 34.6 Å². The smallest absolute Gasteiger partial charge is 0.220 e. The van der Waals surface area contributed by atoms with Crippen molar-refractivity contribution in [2.75, 3.05) is 32.9 Å². The van der Waals surface area contributed by atoms with Gasteiger partial charge in [0.2, 0.25) is 11.8 Å². The Kier molecular flexibility index (Phi) is 12.8. The maximum Gasteiger partial charge on any atom is 0.220 e. The molecule has 3 N–H and O–H groups in total. The van der Waals surface area contributed by atoms with E-state index in [1.54, 1.807) is 0 Å². The standard InChI is InChI=1S/C16H32N2O4.V/c1-6-13(20)18-10-16(4,5)12-22-11-15(2,3)9-14(21)17-7-8-19;/h19H,6-12H2,1-5H3,(H,17,21)(H,18,20);. The van der Waals surface area contributed by atoms with E-state index in [-0.39, 0.29) is 54.4 Å². The first kappa shape index (κ1) is 24.7. The van der Waals surface area contributed by atoms with Gasteiger partial charge >= 0.3 is 0 Å². The first-order valence-corrected chi connectivity index (χ1v) is 7.84. The van der Waals surface area contributed by atoms with E-state index in [2.05, 4.69) is 10.6 Å². The summed E-state index contributed by atoms with van der Waals surface area (Å²) in [5.74, 6) is -0.0499. The number of carbonyl (C=O) groups excluding carboxylic acids is 2. The van der Waals surface area contributed by atoms with Gasteiger partial charge in [0.1, 0.15) is 0 Å². The van der Waals surface area contributed by atoms with Gasteiger partial charge in [0, 0.05) is 49.9 Å². The third-order valence-corrected chi connectivity index (χ3v) is 3.14. The van der Waals surface area contributed by atoms with E-state index < -0.39 is 0 Å². The van der Waals surface area contributed by atoms with Gasteiger partial charge in [-0.25, -0.2) is 0 Å². The normalized spacial score (nSPS) is 11.6. The first-order chi connectivity index (χ1) is 10.1. The summed E-state index contributed by atoms with van der Waals surface area (Å²) in [6.07, 6.45) is 0.826. The Labute approximate surface area is 152 Å². The number of rotatable bonds is 11. The van der Waals surface area contributed by atoms with Gasteiger partial charge in [-0.15, -0.1) is 0 Å². The predicted octanol–water partition coefficient (Wildman–Crippen LogP) is 1.08. The zero-order chi connectivity index (χ0) is 17.2. The van der Waals surface area contributed by atoms with Crippen LogP contribution >= 0.6 is 0 Å². The zero-order valence-electron chi connectivity index (χ0n) is 15.1. The summed E-state index contributed by atoms with van der Waals surface area (Å²) in [6.45, 7) is 11.6. The fourth-order valence-electron chi connectivity index (χ4n) is 1.86. The van der Waals surface area contributed by atoms with Crippen molar-refractivity contribution >= 4 is 11.8 Å². The largest absolute Gasteiger partial charge is 0.395 e. The average molecular weight is 367 g/mol. The van der Waals surface area contributed by atoms with Crippen LogP contribution in [0.1, 0.15) is 47.5 Å². The molecule has 0 saturated carbocycles. The molecule has 0 aliphatic heterocycles. The molecule has 7 heteroatoms. The molecule has 2 amide bonds. The third-order valence-electron chi connectivity index (χ3n) is 3.14. The molecule has 0 rings (SSSR count). The van der Waals surface area contributed by atoms with Gasteiger partial charge < -0.3 is 20.5 Å². The van der Waals surface area contributed by atoms with E-state index in [1.807, 2.05) is 34.6 Å². The van der Waals surface area contributed by atoms with E-state index in [4.69, 9.17) is 9.84 Å². The first-order valence-electron chi connectivity index (χ1n) is 7.84. The summed E-state index contributed by atoms with van der Waals surface area (Å²) in [5.41, 5.74) is -0.428. The molecule has 6 nitrogen and oxygen atoms in total. The zero-order valence-corrected chi connectivity index (χ0v) is 16.5. The van der Waals surface area contributed by atoms with Crippen molar-refractivity contribution in [2.45, 2.75) is 47.5 Å². The second-order valence-corrected chi connectivity index (χ2v) is 7.20. The third kappa shape index (κ3) is 13.6. The molecule has 23 heavy (non-hydrogen) atoms. The van der Waals surface area contributed by atoms with Crippen molar-refractivity contribution in [1.29, 1.82) is 0 Å². The Morgan fingerprint density at radius 1 is 1.00 bits per heavy atom. The number of hydrogen-bond donors (Lipinski definition) is 3. The molecule has 0 aromatic carbocycles. The summed E-state index contributed by atoms with van der Waals surface area (Å²) in [4.78, 5) is 22.9. The van der Waals surface area contributed by atoms with E-state index >= 15 is 0 Å². The van der Waals surface area contributed by atoms with Gasteiger partial charge in [0.15, 0.2) is 0 Å². The second-order valence-electron chi connectivity index (χ2n) is 7.20. The molecule has 0 aromatic heterocycles. The molecular formula is C16H32N2O4V. The molecule has 0 heterocycles. The summed E-state index contributed by atoms with van der Waals surface area (Å²) in [6, 6.07) is 0. The molecule has 0 fully saturated rings. The Balaban J connectivity index is 0. The molecule has 0 bridgehead atoms. The second kappa shape index (κ2) is 11.9. The van der Waals surface area contributed by atoms with Gasteiger partial charge in [-0.3, -0.25) is 9.59 Å². The fourth-order valence-corrected chi connectivity index (χ4v) is 1.86. The van der Waals surface area contributed by atoms with Crippen LogP contribution in [0.4, 0.5) is 0 Å². The number of carbonyl (C=O) groups is 2. The van der Waals surface area contributed by atoms with Gasteiger partial charge in [-0.2, -0.15) is 0 Å². The van der Waals surface area contributed by atoms with Crippen molar-refractivity contribution in [2.24, 2.45) is 10.8 Å². The SMILES string of the molecule is CCC(=O)NCC(C)(C)COCC(C)(C)CC(=O)NCCO.[V]. The van der Waals surface area contributed by atoms with E-state index in [0.717, 1.165) is 0 Å². The number of aliphatic hydroxyl groups excluding tert-OH is 1. The quantitative estimate of drug-likeness (QED) is 0.510. The Bertz CT molecular complexity index is 360. The maximum absolute atomic E-state index is 11.7. The van der Waals surface area contributed by atoms with Crippen LogP contribution in [0.5, 0.6) is 0 Å². The molecule has 0 saturated heterocycles. The summed E-state index contributed by atoms with van der Waals surface area (Å²) in [7, 11) is 0. The summed E-state index contributed by atoms with van der Waals surface area (Å²) >= 11 is 0. The molecule has 1 radical (unpaired) electrons. The van der Waals surface area contributed by atoms with Crippen LogP contribution in [-0.4, -0.2) is 49.8 Å². The maximum atomic E-state index is 11.7. The monoisotopic (exact) mass is 367 g/mol. The van der Waals surface area contributed by atoms with Crippen LogP contribution in [0.15, 0.2) is 0 Å². The minimum absolute atomic E-state index is 0. The van der Waals surface area contributed by atoms with Crippen LogP contribution in [0.25, 0.3) is 0 Å². The Morgan fingerprint density at radius 2 is 1.57 bits per heavy atom. The molecule has 0 atom stereocenters. The summed E-state index contributed by atoms with van der Waals surface area (Å²) < 4.78 is 5.75. The van der Waals surface area contributed by atoms with Crippen LogP contribution in [0.2, 0.25) is 0 Å². The van der Waals surface area contributed by atoms with Crippen LogP contribution < -0.4 is 10.6 Å². The van der Waals surface area contributed by atoms with Gasteiger partial charge in [0.25, 0.3) is 0 Å². The average Bonchev–Trinajstić information content (AvgIpc) is 2.41. The molecule has 0 aliphatic carbocycles. The number of ether oxygens (including phenoxy) is 1. The van der Waals surface area contributed by atoms with Crippen molar-refractivity contribution in [3.8, 4) is 0 Å². The van der Waals surface area contributed by atoms with Crippen molar-refractivity contribution in [3.63, 3.8) is 0 Å². The van der Waals surface area contributed by atoms with Gasteiger partial charge in [0.05, 0.1) is 19.8 Å². The van der Waals surface area contributed by atoms with E-state index in [1.165, 1.54) is 0 Å². The minimum atomic E-state index is -0.276. The van der Waals surface area contributed by atoms with E-state index in [9.17, 15) is 9.59 Å². The number of amides is 2. The minimum Gasteiger partial charge on any atom is -0.395 e. The topological polar surface area (TPSA) is 87.7 Å². The van der Waals surface area contributed by atoms with Crippen molar-refractivity contribution in [1.82, 2.24) is 10.6 Å². The van der Waals surface area contributed by atoms with E-state index in [0.29, 0.717) is 32.6 Å². The molecule has 0 unspecified atom stereocenters. The molecule has 135 valence electrons. The number of hydrogen-bond acceptors (Lipinski definition) is 4. The van der Waals surface area contributed by atoms with Crippen LogP contribution in [0.3, 0.4) is 0 Å². The fraction of sp³-hybridized carbons (Fsp3) is 0.875. The van der Waals surface area contributed by atoms with Crippen LogP contribution in [0, 0.1) is 10.8 Å². The Hall–Kier alpha value is -0.556. The molecular weight excluding hydrogens is 335 g/mol. The predicted molar refractivity (Wildman–Crippen MR) is 86.4 cm³/mol. The Morgan fingerprint density at radius 3 is 2.09 bits per heavy atom. The van der Waals surface area contributed by atoms with Crippen molar-refractivity contribution in [3.05, 3.63) is 0 Å². The molecule has 0 spiro atoms. The molecule has 0 aliphatic rings. The number of aliphatic hydroxyl groups is 1. The summed E-state index contributed by atoms with van der Waals surface area (Å²) in [5, 5.41) is 14.2.